The zero-order chi connectivity index (χ0) is 27.8. The average molecular weight is 548 g/mol. The molecule has 1 aliphatic heterocycles. The van der Waals surface area contributed by atoms with E-state index in [-0.39, 0.29) is 22.9 Å². The average Bonchev–Trinajstić information content (AvgIpc) is 2.88. The van der Waals surface area contributed by atoms with Gasteiger partial charge in [0.1, 0.15) is 11.6 Å². The Morgan fingerprint density at radius 1 is 1.29 bits per heavy atom. The van der Waals surface area contributed by atoms with Crippen LogP contribution in [0.5, 0.6) is 11.5 Å². The van der Waals surface area contributed by atoms with Crippen molar-refractivity contribution in [1.29, 1.82) is 0 Å². The number of aliphatic hydroxyl groups excluding tert-OH is 1. The second kappa shape index (κ2) is 12.7. The van der Waals surface area contributed by atoms with Crippen LogP contribution in [0.1, 0.15) is 31.0 Å². The Balaban J connectivity index is 1.70. The molecule has 2 atom stereocenters. The van der Waals surface area contributed by atoms with E-state index in [4.69, 9.17) is 25.8 Å². The molecule has 0 bridgehead atoms. The molecule has 2 amide bonds. The Morgan fingerprint density at radius 3 is 2.74 bits per heavy atom. The minimum atomic E-state index is -1.23. The van der Waals surface area contributed by atoms with Crippen molar-refractivity contribution in [2.45, 2.75) is 26.1 Å². The third-order valence-electron chi connectivity index (χ3n) is 5.28. The summed E-state index contributed by atoms with van der Waals surface area (Å²) in [4.78, 5) is 34.8. The number of nitrogens with zero attached hydrogens (tertiary/aromatic N) is 2. The van der Waals surface area contributed by atoms with Gasteiger partial charge in [-0.2, -0.15) is 5.10 Å². The van der Waals surface area contributed by atoms with Crippen LogP contribution in [0.25, 0.3) is 0 Å². The number of nitrogens with one attached hydrogen (secondary N) is 3. The number of nitro benzene ring substituents is 1. The van der Waals surface area contributed by atoms with Crippen LogP contribution in [0.15, 0.2) is 52.8 Å². The third-order valence-corrected chi connectivity index (χ3v) is 5.60. The summed E-state index contributed by atoms with van der Waals surface area (Å²) in [5.74, 6) is 0.0272. The molecule has 0 radical (unpaired) electrons. The van der Waals surface area contributed by atoms with E-state index in [0.29, 0.717) is 34.9 Å². The minimum Gasteiger partial charge on any atom is -0.490 e. The van der Waals surface area contributed by atoms with Gasteiger partial charge in [0.05, 0.1) is 36.5 Å². The number of carbonyl (C=O) groups is 2. The number of esters is 1. The smallest absolute Gasteiger partial charge is 0.337 e. The maximum Gasteiger partial charge on any atom is 0.337 e. The van der Waals surface area contributed by atoms with Crippen molar-refractivity contribution in [3.63, 3.8) is 0 Å². The van der Waals surface area contributed by atoms with Gasteiger partial charge >= 0.3 is 12.0 Å². The maximum atomic E-state index is 12.4. The molecule has 14 heteroatoms. The normalized spacial score (nSPS) is 15.9. The molecular weight excluding hydrogens is 522 g/mol. The lowest BCUT2D eigenvalue weighted by atomic mass is 9.95. The Kier molecular flexibility index (Phi) is 9.46. The van der Waals surface area contributed by atoms with E-state index in [1.807, 2.05) is 0 Å². The third kappa shape index (κ3) is 6.89. The molecular formula is C24H26ClN5O8. The largest absolute Gasteiger partial charge is 0.490 e. The highest BCUT2D eigenvalue weighted by molar-refractivity contribution is 6.32. The summed E-state index contributed by atoms with van der Waals surface area (Å²) in [6.07, 6.45) is 0.0530. The number of halogens is 1. The quantitative estimate of drug-likeness (QED) is 0.108. The van der Waals surface area contributed by atoms with Gasteiger partial charge in [-0.3, -0.25) is 15.5 Å². The lowest BCUT2D eigenvalue weighted by Crippen LogP contribution is -2.45. The zero-order valence-corrected chi connectivity index (χ0v) is 21.4. The topological polar surface area (TPSA) is 174 Å². The van der Waals surface area contributed by atoms with Crippen LogP contribution in [0.4, 0.5) is 10.5 Å². The van der Waals surface area contributed by atoms with Gasteiger partial charge in [0.2, 0.25) is 0 Å². The molecule has 0 fully saturated rings. The molecule has 38 heavy (non-hydrogen) atoms. The molecule has 1 heterocycles. The highest BCUT2D eigenvalue weighted by Crippen LogP contribution is 2.35. The van der Waals surface area contributed by atoms with Gasteiger partial charge in [0.25, 0.3) is 5.69 Å². The molecule has 3 rings (SSSR count). The molecule has 1 aliphatic rings. The van der Waals surface area contributed by atoms with Crippen LogP contribution < -0.4 is 25.5 Å². The van der Waals surface area contributed by atoms with Crippen molar-refractivity contribution in [3.8, 4) is 11.5 Å². The van der Waals surface area contributed by atoms with Gasteiger partial charge in [-0.1, -0.05) is 23.7 Å². The van der Waals surface area contributed by atoms with Crippen molar-refractivity contribution < 1.29 is 33.8 Å². The molecule has 0 saturated heterocycles. The van der Waals surface area contributed by atoms with Gasteiger partial charge in [0.15, 0.2) is 17.7 Å². The van der Waals surface area contributed by atoms with Gasteiger partial charge in [-0.15, -0.1) is 0 Å². The first-order chi connectivity index (χ1) is 18.1. The zero-order valence-electron chi connectivity index (χ0n) is 20.7. The summed E-state index contributed by atoms with van der Waals surface area (Å²) in [6, 6.07) is 7.76. The number of hydrogen-bond acceptors (Lipinski definition) is 10. The SMILES string of the molecule is CCOc1cc([C@H]2NC(=O)NC(C)=C2C(=O)OC)ccc1OC[C@@H](O)N/N=C\c1ccc(Cl)c([N+](=O)[O-])c1. The van der Waals surface area contributed by atoms with E-state index >= 15 is 0 Å². The molecule has 13 nitrogen and oxygen atoms in total. The lowest BCUT2D eigenvalue weighted by Gasteiger charge is -2.28. The first-order valence-corrected chi connectivity index (χ1v) is 11.7. The van der Waals surface area contributed by atoms with E-state index in [1.54, 1.807) is 32.0 Å². The molecule has 2 aromatic rings. The van der Waals surface area contributed by atoms with Crippen LogP contribution in [0.2, 0.25) is 5.02 Å². The molecule has 0 aromatic heterocycles. The lowest BCUT2D eigenvalue weighted by molar-refractivity contribution is -0.384. The monoisotopic (exact) mass is 547 g/mol. The first kappa shape index (κ1) is 28.2. The van der Waals surface area contributed by atoms with Crippen LogP contribution in [0, 0.1) is 10.1 Å². The number of amides is 2. The Morgan fingerprint density at radius 2 is 2.05 bits per heavy atom. The molecule has 4 N–H and O–H groups in total. The van der Waals surface area contributed by atoms with Crippen molar-refractivity contribution >= 4 is 35.5 Å². The summed E-state index contributed by atoms with van der Waals surface area (Å²) in [5, 5.41) is 30.3. The Hall–Kier alpha value is -4.36. The molecule has 0 saturated carbocycles. The van der Waals surface area contributed by atoms with Crippen molar-refractivity contribution in [3.05, 3.63) is 73.9 Å². The van der Waals surface area contributed by atoms with Crippen LogP contribution in [-0.4, -0.2) is 54.8 Å². The highest BCUT2D eigenvalue weighted by Gasteiger charge is 2.32. The minimum absolute atomic E-state index is 0.000115. The van der Waals surface area contributed by atoms with Crippen LogP contribution in [0.3, 0.4) is 0 Å². The number of hydrogen-bond donors (Lipinski definition) is 4. The summed E-state index contributed by atoms with van der Waals surface area (Å²) in [5.41, 5.74) is 3.75. The summed E-state index contributed by atoms with van der Waals surface area (Å²) < 4.78 is 16.2. The van der Waals surface area contributed by atoms with Crippen molar-refractivity contribution in [2.75, 3.05) is 20.3 Å². The molecule has 0 spiro atoms. The van der Waals surface area contributed by atoms with Crippen molar-refractivity contribution in [1.82, 2.24) is 16.1 Å². The van der Waals surface area contributed by atoms with Crippen LogP contribution >= 0.6 is 11.6 Å². The first-order valence-electron chi connectivity index (χ1n) is 11.3. The molecule has 0 aliphatic carbocycles. The molecule has 0 unspecified atom stereocenters. The fraction of sp³-hybridized carbons (Fsp3) is 0.292. The Labute approximate surface area is 222 Å². The van der Waals surface area contributed by atoms with Gasteiger partial charge in [0, 0.05) is 17.3 Å². The number of urea groups is 1. The van der Waals surface area contributed by atoms with E-state index < -0.39 is 29.2 Å². The van der Waals surface area contributed by atoms with Gasteiger partial charge in [-0.05, 0) is 37.6 Å². The summed E-state index contributed by atoms with van der Waals surface area (Å²) in [6.45, 7) is 3.45. The summed E-state index contributed by atoms with van der Waals surface area (Å²) >= 11 is 5.79. The van der Waals surface area contributed by atoms with Crippen molar-refractivity contribution in [2.24, 2.45) is 5.10 Å². The molecule has 2 aromatic carbocycles. The predicted molar refractivity (Wildman–Crippen MR) is 137 cm³/mol. The van der Waals surface area contributed by atoms with E-state index in [0.717, 1.165) is 0 Å². The highest BCUT2D eigenvalue weighted by atomic mass is 35.5. The summed E-state index contributed by atoms with van der Waals surface area (Å²) in [7, 11) is 1.25. The predicted octanol–water partition coefficient (Wildman–Crippen LogP) is 2.77. The standard InChI is InChI=1S/C24H26ClN5O8/c1-4-37-19-10-15(22-21(23(32)36-3)13(2)27-24(33)28-22)6-8-18(19)38-12-20(31)29-26-11-14-5-7-16(25)17(9-14)30(34)35/h5-11,20,22,29,31H,4,12H2,1-3H3,(H2,27,28,33)/b26-11-/t20-,22-/m1/s1. The number of rotatable bonds is 11. The number of aliphatic hydroxyl groups is 1. The van der Waals surface area contributed by atoms with Crippen LogP contribution in [-0.2, 0) is 9.53 Å². The van der Waals surface area contributed by atoms with E-state index in [2.05, 4.69) is 21.2 Å². The number of ether oxygens (including phenoxy) is 3. The number of allylic oxidation sites excluding steroid dienone is 1. The number of methoxy groups -OCH3 is 1. The Bertz CT molecular complexity index is 1280. The second-order valence-electron chi connectivity index (χ2n) is 7.88. The second-order valence-corrected chi connectivity index (χ2v) is 8.29. The number of hydrazone groups is 1. The fourth-order valence-electron chi connectivity index (χ4n) is 3.57. The number of carbonyl (C=O) groups excluding carboxylic acids is 2. The van der Waals surface area contributed by atoms with E-state index in [1.165, 1.54) is 31.5 Å². The van der Waals surface area contributed by atoms with E-state index in [9.17, 15) is 24.8 Å². The maximum absolute atomic E-state index is 12.4. The number of nitro groups is 1. The molecule has 202 valence electrons. The number of benzene rings is 2. The fourth-order valence-corrected chi connectivity index (χ4v) is 3.76. The van der Waals surface area contributed by atoms with Gasteiger partial charge in [-0.25, -0.2) is 9.59 Å². The van der Waals surface area contributed by atoms with Gasteiger partial charge < -0.3 is 30.0 Å².